The molecule has 21 heavy (non-hydrogen) atoms. The molecule has 2 rings (SSSR count). The lowest BCUT2D eigenvalue weighted by molar-refractivity contribution is 0.243. The van der Waals surface area contributed by atoms with Gasteiger partial charge in [-0.15, -0.1) is 0 Å². The summed E-state index contributed by atoms with van der Waals surface area (Å²) >= 11 is 0. The smallest absolute Gasteiger partial charge is 0.262 e. The molecule has 1 N–H and O–H groups in total. The Kier molecular flexibility index (Phi) is 5.40. The topological polar surface area (TPSA) is 67.2 Å². The fourth-order valence-electron chi connectivity index (χ4n) is 2.68. The van der Waals surface area contributed by atoms with Gasteiger partial charge in [-0.1, -0.05) is 20.3 Å². The predicted octanol–water partition coefficient (Wildman–Crippen LogP) is 1.21. The van der Waals surface area contributed by atoms with Crippen LogP contribution in [-0.4, -0.2) is 48.0 Å². The first-order chi connectivity index (χ1) is 9.91. The average Bonchev–Trinajstić information content (AvgIpc) is 2.86. The molecule has 1 atom stereocenters. The van der Waals surface area contributed by atoms with Crippen molar-refractivity contribution in [2.75, 3.05) is 19.6 Å². The summed E-state index contributed by atoms with van der Waals surface area (Å²) in [6.07, 6.45) is 6.03. The minimum atomic E-state index is -3.48. The van der Waals surface area contributed by atoms with E-state index >= 15 is 0 Å². The SMILES string of the molecule is CC(C)CNCC1CCCCN1S(=O)(=O)c1cn(C)cn1. The Hall–Kier alpha value is -0.920. The molecule has 1 aliphatic heterocycles. The van der Waals surface area contributed by atoms with Crippen molar-refractivity contribution in [1.29, 1.82) is 0 Å². The quantitative estimate of drug-likeness (QED) is 0.857. The van der Waals surface area contributed by atoms with E-state index in [2.05, 4.69) is 24.1 Å². The standard InChI is InChI=1S/C14H26N4O2S/c1-12(2)8-15-9-13-6-4-5-7-18(13)21(19,20)14-10-17(3)11-16-14/h10-13,15H,4-9H2,1-3H3. The van der Waals surface area contributed by atoms with E-state index in [1.165, 1.54) is 6.33 Å². The molecule has 0 amide bonds. The van der Waals surface area contributed by atoms with Crippen LogP contribution in [0.1, 0.15) is 33.1 Å². The number of nitrogens with zero attached hydrogens (tertiary/aromatic N) is 3. The number of nitrogens with one attached hydrogen (secondary N) is 1. The average molecular weight is 314 g/mol. The molecular weight excluding hydrogens is 288 g/mol. The van der Waals surface area contributed by atoms with Crippen molar-refractivity contribution >= 4 is 10.0 Å². The van der Waals surface area contributed by atoms with Crippen LogP contribution in [0, 0.1) is 5.92 Å². The number of aromatic nitrogens is 2. The van der Waals surface area contributed by atoms with Crippen LogP contribution < -0.4 is 5.32 Å². The Bertz CT molecular complexity index is 553. The van der Waals surface area contributed by atoms with Gasteiger partial charge in [-0.2, -0.15) is 4.31 Å². The summed E-state index contributed by atoms with van der Waals surface area (Å²) < 4.78 is 28.8. The summed E-state index contributed by atoms with van der Waals surface area (Å²) in [5.74, 6) is 0.564. The number of hydrogen-bond acceptors (Lipinski definition) is 4. The van der Waals surface area contributed by atoms with Crippen molar-refractivity contribution in [1.82, 2.24) is 19.2 Å². The fourth-order valence-corrected chi connectivity index (χ4v) is 4.34. The van der Waals surface area contributed by atoms with E-state index in [1.54, 1.807) is 22.1 Å². The van der Waals surface area contributed by atoms with Crippen LogP contribution in [0.5, 0.6) is 0 Å². The van der Waals surface area contributed by atoms with Gasteiger partial charge in [0.05, 0.1) is 6.33 Å². The number of rotatable bonds is 6. The Morgan fingerprint density at radius 2 is 2.19 bits per heavy atom. The van der Waals surface area contributed by atoms with Crippen LogP contribution in [0.3, 0.4) is 0 Å². The summed E-state index contributed by atoms with van der Waals surface area (Å²) in [4.78, 5) is 4.02. The lowest BCUT2D eigenvalue weighted by Gasteiger charge is -2.34. The second kappa shape index (κ2) is 6.89. The van der Waals surface area contributed by atoms with Gasteiger partial charge >= 0.3 is 0 Å². The maximum absolute atomic E-state index is 12.7. The monoisotopic (exact) mass is 314 g/mol. The normalized spacial score (nSPS) is 21.0. The van der Waals surface area contributed by atoms with E-state index in [1.807, 2.05) is 0 Å². The third-order valence-electron chi connectivity index (χ3n) is 3.76. The second-order valence-corrected chi connectivity index (χ2v) is 8.03. The molecule has 0 bridgehead atoms. The van der Waals surface area contributed by atoms with Crippen molar-refractivity contribution < 1.29 is 8.42 Å². The van der Waals surface area contributed by atoms with E-state index in [9.17, 15) is 8.42 Å². The molecule has 0 aromatic carbocycles. The molecule has 0 radical (unpaired) electrons. The molecule has 120 valence electrons. The highest BCUT2D eigenvalue weighted by Crippen LogP contribution is 2.24. The van der Waals surface area contributed by atoms with E-state index in [0.717, 1.165) is 25.8 Å². The summed E-state index contributed by atoms with van der Waals surface area (Å²) in [6.45, 7) is 6.51. The van der Waals surface area contributed by atoms with Crippen molar-refractivity contribution in [2.45, 2.75) is 44.2 Å². The molecular formula is C14H26N4O2S. The molecule has 0 saturated carbocycles. The molecule has 1 unspecified atom stereocenters. The highest BCUT2D eigenvalue weighted by molar-refractivity contribution is 7.89. The third-order valence-corrected chi connectivity index (χ3v) is 5.60. The Balaban J connectivity index is 2.10. The Labute approximate surface area is 127 Å². The molecule has 7 heteroatoms. The fraction of sp³-hybridized carbons (Fsp3) is 0.786. The van der Waals surface area contributed by atoms with Crippen LogP contribution in [0.25, 0.3) is 0 Å². The summed E-state index contributed by atoms with van der Waals surface area (Å²) in [7, 11) is -1.70. The van der Waals surface area contributed by atoms with Gasteiger partial charge < -0.3 is 9.88 Å². The van der Waals surface area contributed by atoms with Crippen LogP contribution in [0.2, 0.25) is 0 Å². The van der Waals surface area contributed by atoms with Gasteiger partial charge in [0, 0.05) is 32.4 Å². The molecule has 1 aliphatic rings. The minimum absolute atomic E-state index is 0.0320. The van der Waals surface area contributed by atoms with E-state index in [-0.39, 0.29) is 11.1 Å². The van der Waals surface area contributed by atoms with Crippen molar-refractivity contribution in [2.24, 2.45) is 13.0 Å². The predicted molar refractivity (Wildman–Crippen MR) is 82.4 cm³/mol. The number of aryl methyl sites for hydroxylation is 1. The Morgan fingerprint density at radius 1 is 1.43 bits per heavy atom. The van der Waals surface area contributed by atoms with E-state index < -0.39 is 10.0 Å². The van der Waals surface area contributed by atoms with E-state index in [0.29, 0.717) is 19.0 Å². The van der Waals surface area contributed by atoms with Gasteiger partial charge in [0.25, 0.3) is 10.0 Å². The molecule has 1 aromatic heterocycles. The molecule has 0 aliphatic carbocycles. The zero-order valence-corrected chi connectivity index (χ0v) is 13.9. The molecule has 1 aromatic rings. The molecule has 2 heterocycles. The van der Waals surface area contributed by atoms with Gasteiger partial charge in [-0.05, 0) is 25.3 Å². The maximum Gasteiger partial charge on any atom is 0.262 e. The van der Waals surface area contributed by atoms with E-state index in [4.69, 9.17) is 0 Å². The minimum Gasteiger partial charge on any atom is -0.339 e. The van der Waals surface area contributed by atoms with Crippen molar-refractivity contribution in [3.05, 3.63) is 12.5 Å². The summed E-state index contributed by atoms with van der Waals surface area (Å²) in [5.41, 5.74) is 0. The highest BCUT2D eigenvalue weighted by atomic mass is 32.2. The summed E-state index contributed by atoms with van der Waals surface area (Å²) in [5, 5.41) is 3.54. The zero-order valence-electron chi connectivity index (χ0n) is 13.1. The molecule has 1 saturated heterocycles. The van der Waals surface area contributed by atoms with Crippen LogP contribution in [0.4, 0.5) is 0 Å². The lowest BCUT2D eigenvalue weighted by atomic mass is 10.0. The van der Waals surface area contributed by atoms with Crippen LogP contribution in [0.15, 0.2) is 17.6 Å². The first-order valence-corrected chi connectivity index (χ1v) is 9.06. The third kappa shape index (κ3) is 4.05. The van der Waals surface area contributed by atoms with Crippen LogP contribution >= 0.6 is 0 Å². The lowest BCUT2D eigenvalue weighted by Crippen LogP contribution is -2.48. The molecule has 6 nitrogen and oxygen atoms in total. The number of piperidine rings is 1. The number of hydrogen-bond donors (Lipinski definition) is 1. The van der Waals surface area contributed by atoms with Gasteiger partial charge in [0.2, 0.25) is 0 Å². The van der Waals surface area contributed by atoms with Gasteiger partial charge in [0.1, 0.15) is 0 Å². The highest BCUT2D eigenvalue weighted by Gasteiger charge is 2.34. The first kappa shape index (κ1) is 16.5. The van der Waals surface area contributed by atoms with Gasteiger partial charge in [0.15, 0.2) is 5.03 Å². The largest absolute Gasteiger partial charge is 0.339 e. The second-order valence-electron chi connectivity index (χ2n) is 6.19. The van der Waals surface area contributed by atoms with Gasteiger partial charge in [-0.25, -0.2) is 13.4 Å². The Morgan fingerprint density at radius 3 is 2.81 bits per heavy atom. The van der Waals surface area contributed by atoms with Gasteiger partial charge in [-0.3, -0.25) is 0 Å². The van der Waals surface area contributed by atoms with Crippen LogP contribution in [-0.2, 0) is 17.1 Å². The van der Waals surface area contributed by atoms with Crippen molar-refractivity contribution in [3.8, 4) is 0 Å². The zero-order chi connectivity index (χ0) is 15.5. The molecule has 0 spiro atoms. The number of imidazole rings is 1. The first-order valence-electron chi connectivity index (χ1n) is 7.62. The maximum atomic E-state index is 12.7. The summed E-state index contributed by atoms with van der Waals surface area (Å²) in [6, 6.07) is 0.0320. The van der Waals surface area contributed by atoms with Crippen molar-refractivity contribution in [3.63, 3.8) is 0 Å². The number of sulfonamides is 1. The molecule has 1 fully saturated rings.